The van der Waals surface area contributed by atoms with Crippen molar-refractivity contribution in [2.24, 2.45) is 5.14 Å². The third-order valence-corrected chi connectivity index (χ3v) is 2.77. The smallest absolute Gasteiger partial charge is 0.274 e. The molecule has 0 aliphatic rings. The molecule has 86 valence electrons. The molecule has 1 aromatic heterocycles. The van der Waals surface area contributed by atoms with Crippen LogP contribution in [-0.2, 0) is 10.0 Å². The highest BCUT2D eigenvalue weighted by Crippen LogP contribution is 2.23. The topological polar surface area (TPSA) is 110 Å². The first kappa shape index (κ1) is 11.3. The maximum absolute atomic E-state index is 11.2. The van der Waals surface area contributed by atoms with Gasteiger partial charge >= 0.3 is 0 Å². The van der Waals surface area contributed by atoms with Crippen LogP contribution in [0.1, 0.15) is 5.69 Å². The first-order valence-corrected chi connectivity index (χ1v) is 6.06. The number of rotatable bonds is 2. The van der Waals surface area contributed by atoms with E-state index in [-0.39, 0.29) is 11.6 Å². The molecule has 1 aromatic carbocycles. The molecule has 0 unspecified atom stereocenters. The number of hydrogen-bond acceptors (Lipinski definition) is 5. The van der Waals surface area contributed by atoms with Crippen LogP contribution >= 0.6 is 0 Å². The van der Waals surface area contributed by atoms with Crippen LogP contribution in [0.25, 0.3) is 11.5 Å². The van der Waals surface area contributed by atoms with E-state index >= 15 is 0 Å². The summed E-state index contributed by atoms with van der Waals surface area (Å²) >= 11 is 0. The summed E-state index contributed by atoms with van der Waals surface area (Å²) in [7, 11) is -4.08. The monoisotopic (exact) mass is 249 g/mol. The van der Waals surface area contributed by atoms with Gasteiger partial charge in [0.05, 0.1) is 0 Å². The van der Waals surface area contributed by atoms with Crippen molar-refractivity contribution in [3.8, 4) is 17.5 Å². The third-order valence-electron chi connectivity index (χ3n) is 1.98. The molecule has 2 rings (SSSR count). The zero-order valence-corrected chi connectivity index (χ0v) is 9.31. The molecular formula is C10H7N3O3S. The number of hydrogen-bond donors (Lipinski definition) is 1. The summed E-state index contributed by atoms with van der Waals surface area (Å²) in [6.07, 6.45) is 0. The highest BCUT2D eigenvalue weighted by molar-refractivity contribution is 7.89. The summed E-state index contributed by atoms with van der Waals surface area (Å²) in [6.45, 7) is 0. The standard InChI is InChI=1S/C10H7N3O3S/c11-6-8-10(17(12,14)15)16-9(13-8)7-4-2-1-3-5-7/h1-5H,(H2,12,14,15). The predicted molar refractivity (Wildman–Crippen MR) is 58.0 cm³/mol. The van der Waals surface area contributed by atoms with Crippen LogP contribution in [0.15, 0.2) is 39.8 Å². The average Bonchev–Trinajstić information content (AvgIpc) is 2.74. The van der Waals surface area contributed by atoms with E-state index in [0.717, 1.165) is 0 Å². The molecule has 6 nitrogen and oxygen atoms in total. The van der Waals surface area contributed by atoms with Gasteiger partial charge in [0.25, 0.3) is 15.1 Å². The number of primary sulfonamides is 1. The highest BCUT2D eigenvalue weighted by Gasteiger charge is 2.23. The van der Waals surface area contributed by atoms with Gasteiger partial charge in [-0.25, -0.2) is 13.6 Å². The Morgan fingerprint density at radius 3 is 2.41 bits per heavy atom. The molecule has 2 N–H and O–H groups in total. The van der Waals surface area contributed by atoms with Gasteiger partial charge in [-0.15, -0.1) is 0 Å². The minimum absolute atomic E-state index is 0.0474. The van der Waals surface area contributed by atoms with E-state index in [0.29, 0.717) is 5.56 Å². The first-order valence-electron chi connectivity index (χ1n) is 4.51. The second-order valence-corrected chi connectivity index (χ2v) is 4.64. The van der Waals surface area contributed by atoms with E-state index in [2.05, 4.69) is 4.98 Å². The van der Waals surface area contributed by atoms with Gasteiger partial charge in [-0.2, -0.15) is 10.2 Å². The van der Waals surface area contributed by atoms with E-state index in [4.69, 9.17) is 14.8 Å². The van der Waals surface area contributed by atoms with E-state index in [9.17, 15) is 8.42 Å². The number of nitriles is 1. The molecule has 0 aliphatic heterocycles. The fourth-order valence-electron chi connectivity index (χ4n) is 1.27. The fourth-order valence-corrected chi connectivity index (χ4v) is 1.83. The van der Waals surface area contributed by atoms with Crippen LogP contribution in [0.5, 0.6) is 0 Å². The summed E-state index contributed by atoms with van der Waals surface area (Å²) in [6, 6.07) is 10.3. The van der Waals surface area contributed by atoms with Crippen LogP contribution in [0.2, 0.25) is 0 Å². The van der Waals surface area contributed by atoms with Crippen LogP contribution in [0, 0.1) is 11.3 Å². The number of aromatic nitrogens is 1. The minimum atomic E-state index is -4.08. The molecule has 1 heterocycles. The number of oxazole rings is 1. The van der Waals surface area contributed by atoms with Crippen molar-refractivity contribution in [1.29, 1.82) is 5.26 Å². The molecule has 0 fully saturated rings. The number of nitrogens with two attached hydrogens (primary N) is 1. The van der Waals surface area contributed by atoms with Gasteiger partial charge in [0.2, 0.25) is 5.89 Å². The van der Waals surface area contributed by atoms with Crippen molar-refractivity contribution in [2.45, 2.75) is 5.09 Å². The Bertz CT molecular complexity index is 683. The first-order chi connectivity index (χ1) is 8.02. The summed E-state index contributed by atoms with van der Waals surface area (Å²) < 4.78 is 27.3. The highest BCUT2D eigenvalue weighted by atomic mass is 32.2. The Labute approximate surface area is 97.4 Å². The molecule has 2 aromatic rings. The Balaban J connectivity index is 2.62. The van der Waals surface area contributed by atoms with Crippen molar-refractivity contribution >= 4 is 10.0 Å². The Kier molecular flexibility index (Phi) is 2.67. The van der Waals surface area contributed by atoms with Crippen molar-refractivity contribution in [3.05, 3.63) is 36.0 Å². The Morgan fingerprint density at radius 1 is 1.29 bits per heavy atom. The molecule has 0 bridgehead atoms. The zero-order valence-electron chi connectivity index (χ0n) is 8.49. The molecule has 0 saturated heterocycles. The van der Waals surface area contributed by atoms with Crippen molar-refractivity contribution in [1.82, 2.24) is 4.98 Å². The van der Waals surface area contributed by atoms with Crippen molar-refractivity contribution < 1.29 is 12.8 Å². The normalized spacial score (nSPS) is 11.1. The molecule has 17 heavy (non-hydrogen) atoms. The molecule has 7 heteroatoms. The zero-order chi connectivity index (χ0) is 12.5. The second kappa shape index (κ2) is 4.01. The van der Waals surface area contributed by atoms with E-state index in [1.165, 1.54) is 0 Å². The summed E-state index contributed by atoms with van der Waals surface area (Å²) in [5.41, 5.74) is 0.227. The van der Waals surface area contributed by atoms with Gasteiger partial charge in [0, 0.05) is 5.56 Å². The number of benzene rings is 1. The third kappa shape index (κ3) is 2.18. The Morgan fingerprint density at radius 2 is 1.94 bits per heavy atom. The van der Waals surface area contributed by atoms with Gasteiger partial charge < -0.3 is 4.42 Å². The number of nitrogens with zero attached hydrogens (tertiary/aromatic N) is 2. The molecule has 0 spiro atoms. The fraction of sp³-hybridized carbons (Fsp3) is 0. The molecule has 0 atom stereocenters. The van der Waals surface area contributed by atoms with Crippen LogP contribution < -0.4 is 5.14 Å². The molecular weight excluding hydrogens is 242 g/mol. The molecule has 0 aliphatic carbocycles. The number of sulfonamides is 1. The lowest BCUT2D eigenvalue weighted by molar-refractivity contribution is 0.458. The van der Waals surface area contributed by atoms with Crippen LogP contribution in [0.4, 0.5) is 0 Å². The van der Waals surface area contributed by atoms with Gasteiger partial charge in [0.1, 0.15) is 6.07 Å². The van der Waals surface area contributed by atoms with Crippen molar-refractivity contribution in [2.75, 3.05) is 0 Å². The van der Waals surface area contributed by atoms with Gasteiger partial charge in [0.15, 0.2) is 5.69 Å². The Hall–Kier alpha value is -2.17. The SMILES string of the molecule is N#Cc1nc(-c2ccccc2)oc1S(N)(=O)=O. The molecule has 0 radical (unpaired) electrons. The van der Waals surface area contributed by atoms with Crippen LogP contribution in [0.3, 0.4) is 0 Å². The lowest BCUT2D eigenvalue weighted by Crippen LogP contribution is -2.12. The largest absolute Gasteiger partial charge is 0.422 e. The van der Waals surface area contributed by atoms with Gasteiger partial charge in [-0.05, 0) is 12.1 Å². The lowest BCUT2D eigenvalue weighted by Gasteiger charge is -1.93. The summed E-state index contributed by atoms with van der Waals surface area (Å²) in [4.78, 5) is 3.78. The second-order valence-electron chi connectivity index (χ2n) is 3.18. The van der Waals surface area contributed by atoms with E-state index < -0.39 is 15.1 Å². The minimum Gasteiger partial charge on any atom is -0.422 e. The average molecular weight is 249 g/mol. The maximum atomic E-state index is 11.2. The maximum Gasteiger partial charge on any atom is 0.274 e. The summed E-state index contributed by atoms with van der Waals surface area (Å²) in [5, 5.41) is 13.0. The molecule has 0 amide bonds. The van der Waals surface area contributed by atoms with E-state index in [1.807, 2.05) is 0 Å². The van der Waals surface area contributed by atoms with E-state index in [1.54, 1.807) is 36.4 Å². The van der Waals surface area contributed by atoms with Crippen LogP contribution in [-0.4, -0.2) is 13.4 Å². The quantitative estimate of drug-likeness (QED) is 0.848. The lowest BCUT2D eigenvalue weighted by atomic mass is 10.2. The van der Waals surface area contributed by atoms with Crippen molar-refractivity contribution in [3.63, 3.8) is 0 Å². The molecule has 0 saturated carbocycles. The van der Waals surface area contributed by atoms with Gasteiger partial charge in [-0.1, -0.05) is 18.2 Å². The summed E-state index contributed by atoms with van der Waals surface area (Å²) in [5.74, 6) is 0.0474. The predicted octanol–water partition coefficient (Wildman–Crippen LogP) is 0.861. The van der Waals surface area contributed by atoms with Gasteiger partial charge in [-0.3, -0.25) is 0 Å².